The van der Waals surface area contributed by atoms with Crippen LogP contribution in [0.25, 0.3) is 11.9 Å². The van der Waals surface area contributed by atoms with Gasteiger partial charge in [-0.15, -0.1) is 0 Å². The van der Waals surface area contributed by atoms with Gasteiger partial charge in [0.25, 0.3) is 5.56 Å². The fourth-order valence-electron chi connectivity index (χ4n) is 3.43. The zero-order chi connectivity index (χ0) is 28.2. The van der Waals surface area contributed by atoms with E-state index in [-0.39, 0.29) is 34.3 Å². The Labute approximate surface area is 222 Å². The van der Waals surface area contributed by atoms with E-state index >= 15 is 4.39 Å². The van der Waals surface area contributed by atoms with E-state index in [1.54, 1.807) is 26.8 Å². The Bertz CT molecular complexity index is 1510. The molecule has 0 spiro atoms. The van der Waals surface area contributed by atoms with Crippen molar-refractivity contribution in [3.05, 3.63) is 97.7 Å². The van der Waals surface area contributed by atoms with Crippen LogP contribution >= 0.6 is 11.6 Å². The molecule has 3 rings (SSSR count). The van der Waals surface area contributed by atoms with Crippen LogP contribution in [0.3, 0.4) is 0 Å². The van der Waals surface area contributed by atoms with E-state index < -0.39 is 28.6 Å². The molecule has 1 N–H and O–H groups in total. The highest BCUT2D eigenvalue weighted by molar-refractivity contribution is 6.31. The van der Waals surface area contributed by atoms with Crippen LogP contribution in [0.1, 0.15) is 50.3 Å². The fraction of sp³-hybridized carbons (Fsp3) is 0.259. The molecule has 0 unspecified atom stereocenters. The Morgan fingerprint density at radius 3 is 2.61 bits per heavy atom. The number of allylic oxidation sites excluding steroid dienone is 2. The summed E-state index contributed by atoms with van der Waals surface area (Å²) in [5.74, 6) is -2.37. The van der Waals surface area contributed by atoms with Gasteiger partial charge in [-0.2, -0.15) is 0 Å². The monoisotopic (exact) mass is 546 g/mol. The lowest BCUT2D eigenvalue weighted by Crippen LogP contribution is -2.20. The molecule has 0 aliphatic heterocycles. The van der Waals surface area contributed by atoms with Gasteiger partial charge >= 0.3 is 0 Å². The Kier molecular flexibility index (Phi) is 8.90. The largest absolute Gasteiger partial charge is 0.485 e. The number of ether oxygens (including phenoxy) is 1. The normalized spacial score (nSPS) is 12.9. The van der Waals surface area contributed by atoms with E-state index in [1.165, 1.54) is 49.2 Å². The molecule has 3 heterocycles. The molecule has 200 valence electrons. The van der Waals surface area contributed by atoms with Gasteiger partial charge in [-0.05, 0) is 46.3 Å². The van der Waals surface area contributed by atoms with Crippen LogP contribution in [0.5, 0.6) is 5.75 Å². The summed E-state index contributed by atoms with van der Waals surface area (Å²) in [6.07, 6.45) is 6.80. The second-order valence-corrected chi connectivity index (χ2v) is 9.27. The van der Waals surface area contributed by atoms with Crippen LogP contribution < -0.4 is 10.3 Å². The molecule has 0 atom stereocenters. The first-order valence-corrected chi connectivity index (χ1v) is 11.8. The Morgan fingerprint density at radius 2 is 1.97 bits per heavy atom. The highest BCUT2D eigenvalue weighted by Gasteiger charge is 2.25. The molecule has 0 aliphatic carbocycles. The van der Waals surface area contributed by atoms with Crippen molar-refractivity contribution >= 4 is 29.7 Å². The Balaban J connectivity index is 1.86. The maximum absolute atomic E-state index is 15.0. The molecule has 7 nitrogen and oxygen atoms in total. The number of nitrogens with zero attached hydrogens (tertiary/aromatic N) is 4. The molecular formula is C27H26ClF3N4O3. The highest BCUT2D eigenvalue weighted by Crippen LogP contribution is 2.27. The number of aryl methyl sites for hydroxylation is 1. The van der Waals surface area contributed by atoms with E-state index in [0.29, 0.717) is 23.0 Å². The molecule has 0 bridgehead atoms. The van der Waals surface area contributed by atoms with Crippen molar-refractivity contribution in [2.45, 2.75) is 46.8 Å². The van der Waals surface area contributed by atoms with E-state index in [0.717, 1.165) is 6.20 Å². The maximum atomic E-state index is 15.0. The average molecular weight is 547 g/mol. The molecule has 0 radical (unpaired) electrons. The number of pyridine rings is 3. The summed E-state index contributed by atoms with van der Waals surface area (Å²) < 4.78 is 48.7. The van der Waals surface area contributed by atoms with Gasteiger partial charge in [-0.3, -0.25) is 24.3 Å². The van der Waals surface area contributed by atoms with E-state index in [2.05, 4.69) is 15.0 Å². The first-order chi connectivity index (χ1) is 17.8. The van der Waals surface area contributed by atoms with Crippen molar-refractivity contribution in [1.29, 1.82) is 0 Å². The number of aromatic nitrogens is 3. The number of aliphatic hydroxyl groups is 1. The number of hydrogen-bond acceptors (Lipinski definition) is 6. The number of halogens is 4. The molecule has 11 heteroatoms. The summed E-state index contributed by atoms with van der Waals surface area (Å²) in [6, 6.07) is 3.63. The first-order valence-electron chi connectivity index (χ1n) is 11.4. The van der Waals surface area contributed by atoms with Crippen LogP contribution in [-0.4, -0.2) is 25.9 Å². The van der Waals surface area contributed by atoms with Crippen molar-refractivity contribution in [3.8, 4) is 5.75 Å². The zero-order valence-corrected chi connectivity index (χ0v) is 22.1. The zero-order valence-electron chi connectivity index (χ0n) is 21.4. The molecule has 0 aliphatic rings. The molecule has 3 aromatic heterocycles. The molecular weight excluding hydrogens is 521 g/mol. The Hall–Kier alpha value is -3.76. The van der Waals surface area contributed by atoms with Crippen LogP contribution in [0, 0.1) is 24.4 Å². The smallest absolute Gasteiger partial charge is 0.277 e. The van der Waals surface area contributed by atoms with Crippen molar-refractivity contribution in [2.75, 3.05) is 0 Å². The van der Waals surface area contributed by atoms with Gasteiger partial charge < -0.3 is 9.84 Å². The second kappa shape index (κ2) is 11.7. The van der Waals surface area contributed by atoms with Gasteiger partial charge in [0, 0.05) is 42.0 Å². The lowest BCUT2D eigenvalue weighted by atomic mass is 10.0. The van der Waals surface area contributed by atoms with Crippen molar-refractivity contribution in [2.24, 2.45) is 4.99 Å². The molecule has 0 fully saturated rings. The van der Waals surface area contributed by atoms with Gasteiger partial charge in [0.05, 0.1) is 11.9 Å². The summed E-state index contributed by atoms with van der Waals surface area (Å²) in [4.78, 5) is 24.8. The van der Waals surface area contributed by atoms with Crippen LogP contribution in [0.4, 0.5) is 13.2 Å². The van der Waals surface area contributed by atoms with Crippen LogP contribution in [0.15, 0.2) is 52.0 Å². The lowest BCUT2D eigenvalue weighted by Gasteiger charge is -2.18. The minimum atomic E-state index is -1.48. The average Bonchev–Trinajstić information content (AvgIpc) is 2.84. The van der Waals surface area contributed by atoms with E-state index in [4.69, 9.17) is 16.3 Å². The summed E-state index contributed by atoms with van der Waals surface area (Å²) in [7, 11) is 0. The van der Waals surface area contributed by atoms with Crippen molar-refractivity contribution in [3.63, 3.8) is 0 Å². The van der Waals surface area contributed by atoms with Crippen LogP contribution in [0.2, 0.25) is 5.02 Å². The van der Waals surface area contributed by atoms with Crippen molar-refractivity contribution in [1.82, 2.24) is 14.5 Å². The standard InChI is InChI=1S/C27H26ClF3N4O3/c1-6-20(18-7-8-32-25(24(18)31)27(4,5)37)33-11-15(2)13-35-16(3)9-22(23(28)26(35)36)38-14-21-19(30)10-17(29)12-34-21/h6-13,37H,14H2,1-5H3/b15-13+,20-6-,33-11-. The topological polar surface area (TPSA) is 89.6 Å². The molecule has 0 aromatic carbocycles. The summed E-state index contributed by atoms with van der Waals surface area (Å²) >= 11 is 6.21. The molecule has 0 saturated carbocycles. The first kappa shape index (κ1) is 28.8. The third-order valence-electron chi connectivity index (χ3n) is 5.35. The third-order valence-corrected chi connectivity index (χ3v) is 5.70. The SMILES string of the molecule is C\C=C(/N=C\C(C)=C\n1c(C)cc(OCc2ncc(F)cc2F)c(Cl)c1=O)c1ccnc(C(C)(C)O)c1F. The third kappa shape index (κ3) is 6.56. The Morgan fingerprint density at radius 1 is 1.26 bits per heavy atom. The number of rotatable bonds is 8. The lowest BCUT2D eigenvalue weighted by molar-refractivity contribution is 0.0694. The van der Waals surface area contributed by atoms with Gasteiger partial charge in [-0.25, -0.2) is 13.2 Å². The van der Waals surface area contributed by atoms with Gasteiger partial charge in [0.1, 0.15) is 40.2 Å². The van der Waals surface area contributed by atoms with E-state index in [9.17, 15) is 18.7 Å². The predicted molar refractivity (Wildman–Crippen MR) is 140 cm³/mol. The highest BCUT2D eigenvalue weighted by atomic mass is 35.5. The van der Waals surface area contributed by atoms with Crippen LogP contribution in [-0.2, 0) is 12.2 Å². The molecule has 0 amide bonds. The minimum absolute atomic E-state index is 0.0163. The van der Waals surface area contributed by atoms with Crippen molar-refractivity contribution < 1.29 is 23.0 Å². The minimum Gasteiger partial charge on any atom is -0.485 e. The van der Waals surface area contributed by atoms with Gasteiger partial charge in [0.2, 0.25) is 0 Å². The molecule has 3 aromatic rings. The summed E-state index contributed by atoms with van der Waals surface area (Å²) in [5.41, 5.74) is -0.863. The molecule has 38 heavy (non-hydrogen) atoms. The number of aliphatic imine (C=N–C) groups is 1. The quantitative estimate of drug-likeness (QED) is 0.360. The van der Waals surface area contributed by atoms with Gasteiger partial charge in [-0.1, -0.05) is 17.7 Å². The fourth-order valence-corrected chi connectivity index (χ4v) is 3.63. The summed E-state index contributed by atoms with van der Waals surface area (Å²) in [6.45, 7) is 7.54. The number of hydrogen-bond donors (Lipinski definition) is 1. The molecule has 0 saturated heterocycles. The second-order valence-electron chi connectivity index (χ2n) is 8.90. The maximum Gasteiger partial charge on any atom is 0.277 e. The predicted octanol–water partition coefficient (Wildman–Crippen LogP) is 5.82. The summed E-state index contributed by atoms with van der Waals surface area (Å²) in [5, 5.41) is 9.94. The van der Waals surface area contributed by atoms with Gasteiger partial charge in [0.15, 0.2) is 11.6 Å². The van der Waals surface area contributed by atoms with E-state index in [1.807, 2.05) is 0 Å².